The first-order valence-corrected chi connectivity index (χ1v) is 8.38. The molecule has 0 amide bonds. The van der Waals surface area contributed by atoms with Crippen LogP contribution >= 0.6 is 11.6 Å². The summed E-state index contributed by atoms with van der Waals surface area (Å²) in [5, 5.41) is 0.655. The lowest BCUT2D eigenvalue weighted by atomic mass is 10.1. The van der Waals surface area contributed by atoms with Gasteiger partial charge in [-0.15, -0.1) is 0 Å². The van der Waals surface area contributed by atoms with Gasteiger partial charge in [-0.2, -0.15) is 0 Å². The molecule has 3 nitrogen and oxygen atoms in total. The molecule has 0 spiro atoms. The Morgan fingerprint density at radius 2 is 1.38 bits per heavy atom. The van der Waals surface area contributed by atoms with Crippen LogP contribution < -0.4 is 0 Å². The van der Waals surface area contributed by atoms with Gasteiger partial charge in [0.05, 0.1) is 11.4 Å². The van der Waals surface area contributed by atoms with Crippen molar-refractivity contribution >= 4 is 11.6 Å². The second-order valence-corrected chi connectivity index (χ2v) is 6.15. The van der Waals surface area contributed by atoms with E-state index in [2.05, 4.69) is 15.0 Å². The number of hydrogen-bond acceptors (Lipinski definition) is 3. The molecule has 0 bridgehead atoms. The Bertz CT molecular complexity index is 1050. The van der Waals surface area contributed by atoms with Crippen molar-refractivity contribution in [2.24, 2.45) is 0 Å². The number of rotatable bonds is 3. The third kappa shape index (κ3) is 3.46. The molecule has 0 fully saturated rings. The molecule has 4 aromatic rings. The molecule has 26 heavy (non-hydrogen) atoms. The maximum Gasteiger partial charge on any atom is 0.160 e. The van der Waals surface area contributed by atoms with E-state index in [1.165, 1.54) is 12.1 Å². The number of halogens is 2. The van der Waals surface area contributed by atoms with Gasteiger partial charge in [0, 0.05) is 34.1 Å². The molecule has 0 N–H and O–H groups in total. The van der Waals surface area contributed by atoms with E-state index in [0.717, 1.165) is 16.8 Å². The summed E-state index contributed by atoms with van der Waals surface area (Å²) >= 11 is 5.99. The van der Waals surface area contributed by atoms with Gasteiger partial charge in [-0.1, -0.05) is 35.9 Å². The number of aromatic nitrogens is 3. The molecule has 0 aliphatic heterocycles. The zero-order valence-corrected chi connectivity index (χ0v) is 14.4. The molecule has 0 unspecified atom stereocenters. The van der Waals surface area contributed by atoms with Crippen LogP contribution in [0.1, 0.15) is 0 Å². The van der Waals surface area contributed by atoms with Crippen molar-refractivity contribution in [2.45, 2.75) is 0 Å². The Labute approximate surface area is 155 Å². The second kappa shape index (κ2) is 7.02. The lowest BCUT2D eigenvalue weighted by molar-refractivity contribution is 0.628. The second-order valence-electron chi connectivity index (χ2n) is 5.72. The molecule has 0 aliphatic rings. The number of hydrogen-bond donors (Lipinski definition) is 0. The van der Waals surface area contributed by atoms with Crippen LogP contribution in [-0.2, 0) is 0 Å². The Hall–Kier alpha value is -3.11. The third-order valence-corrected chi connectivity index (χ3v) is 4.18. The first kappa shape index (κ1) is 16.4. The Morgan fingerprint density at radius 1 is 0.692 bits per heavy atom. The fourth-order valence-corrected chi connectivity index (χ4v) is 2.77. The third-order valence-electron chi connectivity index (χ3n) is 3.93. The maximum absolute atomic E-state index is 13.7. The van der Waals surface area contributed by atoms with Crippen molar-refractivity contribution < 1.29 is 4.39 Å². The minimum Gasteiger partial charge on any atom is -0.265 e. The van der Waals surface area contributed by atoms with E-state index in [1.807, 2.05) is 48.5 Å². The number of nitrogens with zero attached hydrogens (tertiary/aromatic N) is 3. The molecule has 5 heteroatoms. The Kier molecular flexibility index (Phi) is 4.42. The first-order chi connectivity index (χ1) is 12.7. The summed E-state index contributed by atoms with van der Waals surface area (Å²) in [7, 11) is 0. The van der Waals surface area contributed by atoms with Crippen LogP contribution in [0, 0.1) is 5.82 Å². The van der Waals surface area contributed by atoms with Gasteiger partial charge in [-0.3, -0.25) is 4.98 Å². The number of pyridine rings is 1. The van der Waals surface area contributed by atoms with Crippen LogP contribution in [0.5, 0.6) is 0 Å². The predicted molar refractivity (Wildman–Crippen MR) is 101 cm³/mol. The standard InChI is InChI=1S/C21H13ClFN3/c22-17-6-4-14(5-7-17)19-13-20(16-2-1-3-18(23)12-16)26-21(25-19)15-8-10-24-11-9-15/h1-13H. The van der Waals surface area contributed by atoms with E-state index in [-0.39, 0.29) is 5.82 Å². The van der Waals surface area contributed by atoms with Crippen LogP contribution in [0.4, 0.5) is 4.39 Å². The minimum absolute atomic E-state index is 0.306. The molecule has 0 aliphatic carbocycles. The lowest BCUT2D eigenvalue weighted by Crippen LogP contribution is -1.96. The zero-order chi connectivity index (χ0) is 17.9. The van der Waals surface area contributed by atoms with Gasteiger partial charge in [0.25, 0.3) is 0 Å². The van der Waals surface area contributed by atoms with Gasteiger partial charge in [-0.05, 0) is 42.5 Å². The van der Waals surface area contributed by atoms with E-state index in [4.69, 9.17) is 11.6 Å². The summed E-state index contributed by atoms with van der Waals surface area (Å²) in [6.45, 7) is 0. The van der Waals surface area contributed by atoms with Crippen molar-refractivity contribution in [2.75, 3.05) is 0 Å². The quantitative estimate of drug-likeness (QED) is 0.472. The maximum atomic E-state index is 13.7. The first-order valence-electron chi connectivity index (χ1n) is 8.00. The predicted octanol–water partition coefficient (Wildman–Crippen LogP) is 5.67. The van der Waals surface area contributed by atoms with E-state index < -0.39 is 0 Å². The van der Waals surface area contributed by atoms with Crippen molar-refractivity contribution in [3.8, 4) is 33.9 Å². The van der Waals surface area contributed by atoms with Crippen molar-refractivity contribution in [1.29, 1.82) is 0 Å². The number of benzene rings is 2. The zero-order valence-electron chi connectivity index (χ0n) is 13.6. The van der Waals surface area contributed by atoms with Gasteiger partial charge in [0.2, 0.25) is 0 Å². The lowest BCUT2D eigenvalue weighted by Gasteiger charge is -2.09. The Balaban J connectivity index is 1.91. The Morgan fingerprint density at radius 3 is 2.08 bits per heavy atom. The molecule has 0 saturated heterocycles. The molecule has 126 valence electrons. The molecule has 2 heterocycles. The van der Waals surface area contributed by atoms with E-state index in [0.29, 0.717) is 22.1 Å². The molecule has 2 aromatic heterocycles. The average molecular weight is 362 g/mol. The largest absolute Gasteiger partial charge is 0.265 e. The fraction of sp³-hybridized carbons (Fsp3) is 0. The fourth-order valence-electron chi connectivity index (χ4n) is 2.64. The monoisotopic (exact) mass is 361 g/mol. The normalized spacial score (nSPS) is 10.7. The summed E-state index contributed by atoms with van der Waals surface area (Å²) in [6.07, 6.45) is 3.38. The highest BCUT2D eigenvalue weighted by molar-refractivity contribution is 6.30. The highest BCUT2D eigenvalue weighted by atomic mass is 35.5. The van der Waals surface area contributed by atoms with Crippen LogP contribution in [-0.4, -0.2) is 15.0 Å². The van der Waals surface area contributed by atoms with Gasteiger partial charge in [0.1, 0.15) is 5.82 Å². The summed E-state index contributed by atoms with van der Waals surface area (Å²) < 4.78 is 13.7. The van der Waals surface area contributed by atoms with Crippen LogP contribution in [0.3, 0.4) is 0 Å². The van der Waals surface area contributed by atoms with E-state index >= 15 is 0 Å². The smallest absolute Gasteiger partial charge is 0.160 e. The summed E-state index contributed by atoms with van der Waals surface area (Å²) in [5.74, 6) is 0.249. The molecule has 4 rings (SSSR count). The van der Waals surface area contributed by atoms with Crippen LogP contribution in [0.25, 0.3) is 33.9 Å². The molecule has 0 atom stereocenters. The molecular weight excluding hydrogens is 349 g/mol. The van der Waals surface area contributed by atoms with E-state index in [9.17, 15) is 4.39 Å². The van der Waals surface area contributed by atoms with Gasteiger partial charge in [-0.25, -0.2) is 14.4 Å². The van der Waals surface area contributed by atoms with Crippen LogP contribution in [0.15, 0.2) is 79.1 Å². The summed E-state index contributed by atoms with van der Waals surface area (Å²) in [6, 6.07) is 19.3. The average Bonchev–Trinajstić information content (AvgIpc) is 2.69. The molecular formula is C21H13ClFN3. The highest BCUT2D eigenvalue weighted by Gasteiger charge is 2.11. The van der Waals surface area contributed by atoms with E-state index in [1.54, 1.807) is 18.5 Å². The topological polar surface area (TPSA) is 38.7 Å². The van der Waals surface area contributed by atoms with Gasteiger partial charge in [0.15, 0.2) is 5.82 Å². The van der Waals surface area contributed by atoms with Crippen molar-refractivity contribution in [1.82, 2.24) is 15.0 Å². The molecule has 0 radical (unpaired) electrons. The minimum atomic E-state index is -0.306. The van der Waals surface area contributed by atoms with Crippen LogP contribution in [0.2, 0.25) is 5.02 Å². The van der Waals surface area contributed by atoms with Gasteiger partial charge >= 0.3 is 0 Å². The SMILES string of the molecule is Fc1cccc(-c2cc(-c3ccc(Cl)cc3)nc(-c3ccncc3)n2)c1. The highest BCUT2D eigenvalue weighted by Crippen LogP contribution is 2.28. The summed E-state index contributed by atoms with van der Waals surface area (Å²) in [4.78, 5) is 13.3. The molecule has 0 saturated carbocycles. The molecule has 2 aromatic carbocycles. The summed E-state index contributed by atoms with van der Waals surface area (Å²) in [5.41, 5.74) is 3.83. The van der Waals surface area contributed by atoms with Gasteiger partial charge < -0.3 is 0 Å². The van der Waals surface area contributed by atoms with Crippen molar-refractivity contribution in [3.63, 3.8) is 0 Å². The van der Waals surface area contributed by atoms with Crippen molar-refractivity contribution in [3.05, 3.63) is 90.0 Å².